The zero-order chi connectivity index (χ0) is 14.0. The first-order valence-corrected chi connectivity index (χ1v) is 5.24. The molecule has 0 unspecified atom stereocenters. The highest BCUT2D eigenvalue weighted by Gasteiger charge is 2.31. The molecule has 0 amide bonds. The number of ether oxygens (including phenoxy) is 1. The van der Waals surface area contributed by atoms with Gasteiger partial charge in [0, 0.05) is 17.2 Å². The summed E-state index contributed by atoms with van der Waals surface area (Å²) in [5.41, 5.74) is 0.534. The fraction of sp³-hybridized carbons (Fsp3) is 0.0769. The second-order valence-electron chi connectivity index (χ2n) is 3.74. The van der Waals surface area contributed by atoms with Crippen LogP contribution in [0.25, 0.3) is 11.1 Å². The number of phenols is 2. The Bertz CT molecular complexity index is 594. The Morgan fingerprint density at radius 2 is 1.47 bits per heavy atom. The molecule has 0 aliphatic rings. The minimum atomic E-state index is -4.82. The Hall–Kier alpha value is -2.37. The normalized spacial score (nSPS) is 11.3. The molecule has 0 atom stereocenters. The van der Waals surface area contributed by atoms with E-state index in [1.165, 1.54) is 18.2 Å². The molecule has 100 valence electrons. The van der Waals surface area contributed by atoms with Gasteiger partial charge in [0.15, 0.2) is 0 Å². The molecule has 0 aliphatic carbocycles. The van der Waals surface area contributed by atoms with E-state index in [1.807, 2.05) is 0 Å². The van der Waals surface area contributed by atoms with E-state index in [4.69, 9.17) is 0 Å². The maximum Gasteiger partial charge on any atom is 0.573 e. The molecule has 0 aromatic heterocycles. The summed E-state index contributed by atoms with van der Waals surface area (Å²) in [6, 6.07) is 9.32. The fourth-order valence-electron chi connectivity index (χ4n) is 1.64. The summed E-state index contributed by atoms with van der Waals surface area (Å²) in [4.78, 5) is 0. The molecular formula is C13H9F3O3. The molecule has 19 heavy (non-hydrogen) atoms. The molecule has 0 radical (unpaired) electrons. The Balaban J connectivity index is 2.38. The van der Waals surface area contributed by atoms with Crippen molar-refractivity contribution in [3.8, 4) is 28.4 Å². The van der Waals surface area contributed by atoms with Crippen LogP contribution in [0.1, 0.15) is 0 Å². The smallest absolute Gasteiger partial charge is 0.507 e. The topological polar surface area (TPSA) is 49.7 Å². The Morgan fingerprint density at radius 1 is 0.842 bits per heavy atom. The van der Waals surface area contributed by atoms with Crippen LogP contribution in [-0.2, 0) is 0 Å². The summed E-state index contributed by atoms with van der Waals surface area (Å²) in [7, 11) is 0. The van der Waals surface area contributed by atoms with Crippen LogP contribution < -0.4 is 4.74 Å². The molecule has 2 aromatic rings. The maximum absolute atomic E-state index is 12.0. The van der Waals surface area contributed by atoms with E-state index in [2.05, 4.69) is 4.74 Å². The third-order valence-electron chi connectivity index (χ3n) is 2.40. The van der Waals surface area contributed by atoms with Crippen molar-refractivity contribution in [2.24, 2.45) is 0 Å². The molecule has 0 aliphatic heterocycles. The molecule has 2 rings (SSSR count). The number of benzene rings is 2. The van der Waals surface area contributed by atoms with Crippen molar-refractivity contribution in [2.45, 2.75) is 6.36 Å². The molecule has 2 aromatic carbocycles. The first-order valence-electron chi connectivity index (χ1n) is 5.24. The van der Waals surface area contributed by atoms with Crippen LogP contribution in [0.5, 0.6) is 17.2 Å². The van der Waals surface area contributed by atoms with Crippen molar-refractivity contribution in [2.75, 3.05) is 0 Å². The van der Waals surface area contributed by atoms with Crippen LogP contribution in [0.4, 0.5) is 13.2 Å². The van der Waals surface area contributed by atoms with E-state index in [0.29, 0.717) is 5.56 Å². The van der Waals surface area contributed by atoms with Gasteiger partial charge >= 0.3 is 6.36 Å². The standard InChI is InChI=1S/C13H9F3O3/c14-13(15,16)19-8-5-6-10(12(18)7-8)9-3-1-2-4-11(9)17/h1-7,17-18H. The number of aromatic hydroxyl groups is 2. The summed E-state index contributed by atoms with van der Waals surface area (Å²) in [6.45, 7) is 0. The average Bonchev–Trinajstić information content (AvgIpc) is 2.28. The van der Waals surface area contributed by atoms with Gasteiger partial charge in [0.2, 0.25) is 0 Å². The highest BCUT2D eigenvalue weighted by molar-refractivity contribution is 5.75. The van der Waals surface area contributed by atoms with E-state index >= 15 is 0 Å². The van der Waals surface area contributed by atoms with Gasteiger partial charge in [0.25, 0.3) is 0 Å². The van der Waals surface area contributed by atoms with E-state index in [0.717, 1.165) is 12.1 Å². The molecule has 2 N–H and O–H groups in total. The number of halogens is 3. The van der Waals surface area contributed by atoms with Crippen LogP contribution in [0, 0.1) is 0 Å². The number of hydrogen-bond acceptors (Lipinski definition) is 3. The fourth-order valence-corrected chi connectivity index (χ4v) is 1.64. The number of phenolic OH excluding ortho intramolecular Hbond substituents is 2. The lowest BCUT2D eigenvalue weighted by molar-refractivity contribution is -0.274. The van der Waals surface area contributed by atoms with Gasteiger partial charge in [-0.15, -0.1) is 13.2 Å². The third kappa shape index (κ3) is 3.09. The van der Waals surface area contributed by atoms with Crippen LogP contribution in [0.15, 0.2) is 42.5 Å². The van der Waals surface area contributed by atoms with Crippen LogP contribution in [-0.4, -0.2) is 16.6 Å². The van der Waals surface area contributed by atoms with Crippen molar-refractivity contribution in [1.82, 2.24) is 0 Å². The van der Waals surface area contributed by atoms with Gasteiger partial charge in [-0.25, -0.2) is 0 Å². The first kappa shape index (κ1) is 13.1. The number of rotatable bonds is 2. The van der Waals surface area contributed by atoms with Crippen LogP contribution in [0.3, 0.4) is 0 Å². The summed E-state index contributed by atoms with van der Waals surface area (Å²) in [5.74, 6) is -1.02. The predicted octanol–water partition coefficient (Wildman–Crippen LogP) is 3.66. The molecule has 0 spiro atoms. The molecule has 0 saturated carbocycles. The zero-order valence-electron chi connectivity index (χ0n) is 9.48. The summed E-state index contributed by atoms with van der Waals surface area (Å²) >= 11 is 0. The minimum Gasteiger partial charge on any atom is -0.507 e. The van der Waals surface area contributed by atoms with Crippen molar-refractivity contribution >= 4 is 0 Å². The second kappa shape index (κ2) is 4.72. The highest BCUT2D eigenvalue weighted by atomic mass is 19.4. The number of hydrogen-bond donors (Lipinski definition) is 2. The monoisotopic (exact) mass is 270 g/mol. The number of alkyl halides is 3. The second-order valence-corrected chi connectivity index (χ2v) is 3.74. The van der Waals surface area contributed by atoms with Gasteiger partial charge in [0.1, 0.15) is 17.2 Å². The number of para-hydroxylation sites is 1. The summed E-state index contributed by atoms with van der Waals surface area (Å²) in [5, 5.41) is 19.3. The van der Waals surface area contributed by atoms with Crippen LogP contribution >= 0.6 is 0 Å². The molecule has 3 nitrogen and oxygen atoms in total. The van der Waals surface area contributed by atoms with Crippen molar-refractivity contribution in [1.29, 1.82) is 0 Å². The molecule has 0 heterocycles. The first-order chi connectivity index (χ1) is 8.87. The van der Waals surface area contributed by atoms with Crippen molar-refractivity contribution in [3.05, 3.63) is 42.5 Å². The molecule has 6 heteroatoms. The van der Waals surface area contributed by atoms with Gasteiger partial charge < -0.3 is 14.9 Å². The predicted molar refractivity (Wildman–Crippen MR) is 61.9 cm³/mol. The summed E-state index contributed by atoms with van der Waals surface area (Å²) < 4.78 is 39.7. The molecule has 0 bridgehead atoms. The van der Waals surface area contributed by atoms with Crippen LogP contribution in [0.2, 0.25) is 0 Å². The molecular weight excluding hydrogens is 261 g/mol. The van der Waals surface area contributed by atoms with E-state index < -0.39 is 17.9 Å². The lowest BCUT2D eigenvalue weighted by Crippen LogP contribution is -2.16. The van der Waals surface area contributed by atoms with E-state index in [9.17, 15) is 23.4 Å². The largest absolute Gasteiger partial charge is 0.573 e. The van der Waals surface area contributed by atoms with Crippen molar-refractivity contribution in [3.63, 3.8) is 0 Å². The highest BCUT2D eigenvalue weighted by Crippen LogP contribution is 2.37. The molecule has 0 fully saturated rings. The van der Waals surface area contributed by atoms with Gasteiger partial charge in [0.05, 0.1) is 0 Å². The lowest BCUT2D eigenvalue weighted by atomic mass is 10.0. The third-order valence-corrected chi connectivity index (χ3v) is 2.40. The Morgan fingerprint density at radius 3 is 2.05 bits per heavy atom. The molecule has 0 saturated heterocycles. The van der Waals surface area contributed by atoms with Gasteiger partial charge in [-0.1, -0.05) is 18.2 Å². The van der Waals surface area contributed by atoms with Crippen molar-refractivity contribution < 1.29 is 28.1 Å². The quantitative estimate of drug-likeness (QED) is 0.875. The SMILES string of the molecule is Oc1ccccc1-c1ccc(OC(F)(F)F)cc1O. The Labute approximate surface area is 106 Å². The van der Waals surface area contributed by atoms with Gasteiger partial charge in [-0.3, -0.25) is 0 Å². The van der Waals surface area contributed by atoms with Gasteiger partial charge in [-0.05, 0) is 18.2 Å². The van der Waals surface area contributed by atoms with Gasteiger partial charge in [-0.2, -0.15) is 0 Å². The van der Waals surface area contributed by atoms with E-state index in [-0.39, 0.29) is 11.3 Å². The Kier molecular flexibility index (Phi) is 3.25. The van der Waals surface area contributed by atoms with E-state index in [1.54, 1.807) is 12.1 Å². The lowest BCUT2D eigenvalue weighted by Gasteiger charge is -2.11. The summed E-state index contributed by atoms with van der Waals surface area (Å²) in [6.07, 6.45) is -4.82. The minimum absolute atomic E-state index is 0.0812. The maximum atomic E-state index is 12.0. The zero-order valence-corrected chi connectivity index (χ0v) is 9.48. The average molecular weight is 270 g/mol.